The van der Waals surface area contributed by atoms with Crippen molar-refractivity contribution in [1.82, 2.24) is 24.5 Å². The third kappa shape index (κ3) is 3.29. The predicted molar refractivity (Wildman–Crippen MR) is 107 cm³/mol. The summed E-state index contributed by atoms with van der Waals surface area (Å²) in [6, 6.07) is 10.5. The van der Waals surface area contributed by atoms with Crippen LogP contribution in [-0.4, -0.2) is 50.7 Å². The second-order valence-corrected chi connectivity index (χ2v) is 7.00. The Morgan fingerprint density at radius 3 is 2.66 bits per heavy atom. The van der Waals surface area contributed by atoms with Gasteiger partial charge in [0.2, 0.25) is 11.8 Å². The molecule has 29 heavy (non-hydrogen) atoms. The average molecular weight is 393 g/mol. The molecule has 3 aromatic heterocycles. The van der Waals surface area contributed by atoms with E-state index >= 15 is 0 Å². The van der Waals surface area contributed by atoms with Crippen LogP contribution in [0, 0.1) is 5.82 Å². The van der Waals surface area contributed by atoms with Crippen LogP contribution in [0.15, 0.2) is 53.3 Å². The van der Waals surface area contributed by atoms with E-state index in [0.29, 0.717) is 29.5 Å². The number of nitrogen functional groups attached to an aromatic ring is 1. The fourth-order valence-electron chi connectivity index (χ4n) is 3.65. The lowest BCUT2D eigenvalue weighted by atomic mass is 10.2. The van der Waals surface area contributed by atoms with Crippen LogP contribution in [0.2, 0.25) is 0 Å². The number of furan rings is 1. The first-order valence-electron chi connectivity index (χ1n) is 9.45. The highest BCUT2D eigenvalue weighted by Crippen LogP contribution is 2.23. The van der Waals surface area contributed by atoms with Crippen molar-refractivity contribution in [2.24, 2.45) is 0 Å². The third-order valence-corrected chi connectivity index (χ3v) is 5.16. The maximum absolute atomic E-state index is 14.0. The molecule has 1 saturated heterocycles. The number of hydrogen-bond donors (Lipinski definition) is 1. The van der Waals surface area contributed by atoms with E-state index in [1.807, 2.05) is 12.1 Å². The van der Waals surface area contributed by atoms with Crippen molar-refractivity contribution in [2.75, 3.05) is 36.8 Å². The van der Waals surface area contributed by atoms with E-state index in [-0.39, 0.29) is 11.8 Å². The number of nitrogens with zero attached hydrogens (tertiary/aromatic N) is 6. The number of fused-ring (bicyclic) bond motifs is 1. The lowest BCUT2D eigenvalue weighted by Gasteiger charge is -2.36. The molecule has 4 heterocycles. The van der Waals surface area contributed by atoms with E-state index < -0.39 is 0 Å². The normalized spacial score (nSPS) is 15.3. The van der Waals surface area contributed by atoms with Crippen LogP contribution in [0.1, 0.15) is 5.56 Å². The summed E-state index contributed by atoms with van der Waals surface area (Å²) >= 11 is 0. The zero-order valence-electron chi connectivity index (χ0n) is 15.7. The summed E-state index contributed by atoms with van der Waals surface area (Å²) in [5, 5.41) is 4.43. The van der Waals surface area contributed by atoms with Gasteiger partial charge >= 0.3 is 0 Å². The molecule has 9 heteroatoms. The minimum absolute atomic E-state index is 0.181. The highest BCUT2D eigenvalue weighted by Gasteiger charge is 2.21. The third-order valence-electron chi connectivity index (χ3n) is 5.16. The van der Waals surface area contributed by atoms with Gasteiger partial charge in [-0.2, -0.15) is 4.52 Å². The molecule has 1 aliphatic rings. The van der Waals surface area contributed by atoms with Crippen LogP contribution in [-0.2, 0) is 6.54 Å². The molecule has 1 aliphatic heterocycles. The molecule has 0 aliphatic carbocycles. The number of hydrogen-bond acceptors (Lipinski definition) is 7. The number of benzene rings is 1. The van der Waals surface area contributed by atoms with Crippen LogP contribution in [0.3, 0.4) is 0 Å². The number of piperazine rings is 1. The Hall–Kier alpha value is -3.46. The minimum Gasteiger partial charge on any atom is -0.461 e. The number of aromatic nitrogens is 4. The van der Waals surface area contributed by atoms with E-state index in [4.69, 9.17) is 10.2 Å². The summed E-state index contributed by atoms with van der Waals surface area (Å²) < 4.78 is 21.0. The van der Waals surface area contributed by atoms with Crippen molar-refractivity contribution in [3.8, 4) is 11.6 Å². The first kappa shape index (κ1) is 17.6. The Kier molecular flexibility index (Phi) is 4.36. The maximum Gasteiger partial charge on any atom is 0.223 e. The van der Waals surface area contributed by atoms with Gasteiger partial charge in [-0.05, 0) is 24.3 Å². The van der Waals surface area contributed by atoms with Crippen LogP contribution in [0.4, 0.5) is 16.0 Å². The molecule has 0 saturated carbocycles. The molecule has 0 amide bonds. The SMILES string of the molecule is Nc1ncc(CN2CCN(c3ccccc3F)CC2)c2nc(-c3ccco3)nn12. The standard InChI is InChI=1S/C20H20FN7O/c21-15-4-1-2-5-16(15)27-9-7-26(8-10-27)13-14-12-23-20(22)28-19(14)24-18(25-28)17-6-3-11-29-17/h1-6,11-12H,7-10,13H2,(H2,22,23). The van der Waals surface area contributed by atoms with Crippen LogP contribution < -0.4 is 10.6 Å². The Labute approximate surface area is 166 Å². The Bertz CT molecular complexity index is 1130. The smallest absolute Gasteiger partial charge is 0.223 e. The molecule has 148 valence electrons. The van der Waals surface area contributed by atoms with Crippen LogP contribution in [0.25, 0.3) is 17.2 Å². The van der Waals surface area contributed by atoms with Gasteiger partial charge in [0, 0.05) is 44.5 Å². The molecular weight excluding hydrogens is 373 g/mol. The lowest BCUT2D eigenvalue weighted by Crippen LogP contribution is -2.46. The van der Waals surface area contributed by atoms with Crippen molar-refractivity contribution in [3.05, 3.63) is 60.2 Å². The van der Waals surface area contributed by atoms with Crippen LogP contribution in [0.5, 0.6) is 0 Å². The van der Waals surface area contributed by atoms with Crippen molar-refractivity contribution < 1.29 is 8.81 Å². The fourth-order valence-corrected chi connectivity index (χ4v) is 3.65. The summed E-state index contributed by atoms with van der Waals surface area (Å²) in [6.45, 7) is 3.79. The van der Waals surface area contributed by atoms with Crippen molar-refractivity contribution in [1.29, 1.82) is 0 Å². The highest BCUT2D eigenvalue weighted by molar-refractivity contribution is 5.57. The highest BCUT2D eigenvalue weighted by atomic mass is 19.1. The van der Waals surface area contributed by atoms with E-state index in [0.717, 1.165) is 31.7 Å². The van der Waals surface area contributed by atoms with Gasteiger partial charge in [0.25, 0.3) is 0 Å². The zero-order chi connectivity index (χ0) is 19.8. The van der Waals surface area contributed by atoms with Gasteiger partial charge in [-0.1, -0.05) is 12.1 Å². The maximum atomic E-state index is 14.0. The summed E-state index contributed by atoms with van der Waals surface area (Å²) in [7, 11) is 0. The number of para-hydroxylation sites is 1. The summed E-state index contributed by atoms with van der Waals surface area (Å²) in [4.78, 5) is 13.2. The Morgan fingerprint density at radius 1 is 1.07 bits per heavy atom. The van der Waals surface area contributed by atoms with Gasteiger partial charge < -0.3 is 15.1 Å². The molecule has 8 nitrogen and oxygen atoms in total. The second kappa shape index (κ2) is 7.17. The molecule has 0 atom stereocenters. The number of nitrogens with two attached hydrogens (primary N) is 1. The van der Waals surface area contributed by atoms with Crippen molar-refractivity contribution in [3.63, 3.8) is 0 Å². The molecule has 1 aromatic carbocycles. The lowest BCUT2D eigenvalue weighted by molar-refractivity contribution is 0.249. The largest absolute Gasteiger partial charge is 0.461 e. The number of rotatable bonds is 4. The molecular formula is C20H20FN7O. The van der Waals surface area contributed by atoms with E-state index in [9.17, 15) is 4.39 Å². The van der Waals surface area contributed by atoms with Crippen molar-refractivity contribution >= 4 is 17.3 Å². The first-order valence-corrected chi connectivity index (χ1v) is 9.45. The zero-order valence-corrected chi connectivity index (χ0v) is 15.7. The molecule has 0 spiro atoms. The molecule has 2 N–H and O–H groups in total. The van der Waals surface area contributed by atoms with E-state index in [2.05, 4.69) is 24.9 Å². The average Bonchev–Trinajstić information content (AvgIpc) is 3.41. The molecule has 4 aromatic rings. The topological polar surface area (TPSA) is 88.7 Å². The van der Waals surface area contributed by atoms with Gasteiger partial charge in [0.15, 0.2) is 11.4 Å². The predicted octanol–water partition coefficient (Wildman–Crippen LogP) is 2.43. The summed E-state index contributed by atoms with van der Waals surface area (Å²) in [6.07, 6.45) is 3.33. The number of halogens is 1. The van der Waals surface area contributed by atoms with E-state index in [1.54, 1.807) is 35.2 Å². The molecule has 0 bridgehead atoms. The van der Waals surface area contributed by atoms with Crippen LogP contribution >= 0.6 is 0 Å². The Morgan fingerprint density at radius 2 is 1.90 bits per heavy atom. The van der Waals surface area contributed by atoms with Gasteiger partial charge in [0.05, 0.1) is 12.0 Å². The van der Waals surface area contributed by atoms with E-state index in [1.165, 1.54) is 6.07 Å². The van der Waals surface area contributed by atoms with Crippen molar-refractivity contribution in [2.45, 2.75) is 6.54 Å². The molecule has 0 unspecified atom stereocenters. The summed E-state index contributed by atoms with van der Waals surface area (Å²) in [5.41, 5.74) is 8.24. The fraction of sp³-hybridized carbons (Fsp3) is 0.250. The summed E-state index contributed by atoms with van der Waals surface area (Å²) in [5.74, 6) is 1.15. The quantitative estimate of drug-likeness (QED) is 0.570. The Balaban J connectivity index is 1.35. The minimum atomic E-state index is -0.181. The van der Waals surface area contributed by atoms with Gasteiger partial charge in [-0.3, -0.25) is 4.90 Å². The molecule has 1 fully saturated rings. The van der Waals surface area contributed by atoms with Gasteiger partial charge in [-0.15, -0.1) is 5.10 Å². The number of anilines is 2. The molecule has 5 rings (SSSR count). The van der Waals surface area contributed by atoms with Gasteiger partial charge in [0.1, 0.15) is 5.82 Å². The second-order valence-electron chi connectivity index (χ2n) is 7.00. The first-order chi connectivity index (χ1) is 14.2. The monoisotopic (exact) mass is 393 g/mol. The van der Waals surface area contributed by atoms with Gasteiger partial charge in [-0.25, -0.2) is 14.4 Å². The molecule has 0 radical (unpaired) electrons.